The van der Waals surface area contributed by atoms with Gasteiger partial charge in [-0.3, -0.25) is 23.4 Å². The fourth-order valence-corrected chi connectivity index (χ4v) is 7.73. The predicted molar refractivity (Wildman–Crippen MR) is 155 cm³/mol. The molecule has 0 saturated carbocycles. The molecule has 0 aromatic carbocycles. The van der Waals surface area contributed by atoms with Crippen LogP contribution < -0.4 is 17.0 Å². The lowest BCUT2D eigenvalue weighted by Crippen LogP contribution is -2.45. The van der Waals surface area contributed by atoms with E-state index in [9.17, 15) is 24.3 Å². The molecule has 2 bridgehead atoms. The number of nitrogen functional groups attached to an aromatic ring is 2. The van der Waals surface area contributed by atoms with Crippen molar-refractivity contribution in [2.24, 2.45) is 0 Å². The Balaban J connectivity index is 1.14. The maximum atomic E-state index is 15.5. The number of fused-ring (bicyclic) bond motifs is 4. The van der Waals surface area contributed by atoms with E-state index in [1.165, 1.54) is 17.1 Å². The number of rotatable bonds is 10. The Morgan fingerprint density at radius 3 is 2.70 bits per heavy atom. The number of aromatic nitrogens is 7. The number of anilines is 2. The number of imidazole rings is 2. The van der Waals surface area contributed by atoms with E-state index >= 15 is 4.39 Å². The molecule has 0 aliphatic carbocycles. The van der Waals surface area contributed by atoms with Gasteiger partial charge in [-0.05, 0) is 17.9 Å². The zero-order valence-electron chi connectivity index (χ0n) is 23.1. The Kier molecular flexibility index (Phi) is 7.90. The summed E-state index contributed by atoms with van der Waals surface area (Å²) in [5.41, 5.74) is 10.2. The molecule has 7 heterocycles. The lowest BCUT2D eigenvalue weighted by atomic mass is 10.0. The first kappa shape index (κ1) is 31.5. The number of nitrogens with two attached hydrogens (primary N) is 2. The average Bonchev–Trinajstić information content (AvgIpc) is 3.81. The number of halogens is 1. The number of hydrogen-bond donors (Lipinski definition) is 6. The van der Waals surface area contributed by atoms with Crippen LogP contribution in [0.4, 0.5) is 16.0 Å². The van der Waals surface area contributed by atoms with Crippen molar-refractivity contribution in [1.82, 2.24) is 34.1 Å². The largest absolute Gasteiger partial charge is 0.695 e. The van der Waals surface area contributed by atoms with Crippen molar-refractivity contribution in [3.8, 4) is 0 Å². The summed E-state index contributed by atoms with van der Waals surface area (Å²) in [7, 11) is -3.16. The Labute approximate surface area is 261 Å². The van der Waals surface area contributed by atoms with Gasteiger partial charge in [0.1, 0.15) is 23.8 Å². The van der Waals surface area contributed by atoms with Crippen molar-refractivity contribution in [2.75, 3.05) is 31.3 Å². The maximum absolute atomic E-state index is 15.5. The number of ether oxygens (including phenoxy) is 3. The molecule has 246 valence electrons. The molecule has 20 nitrogen and oxygen atoms in total. The van der Waals surface area contributed by atoms with Gasteiger partial charge in [0, 0.05) is 10.8 Å². The fraction of sp³-hybridized carbons (Fsp3) is 0.500. The van der Waals surface area contributed by atoms with Crippen molar-refractivity contribution in [1.29, 1.82) is 0 Å². The quantitative estimate of drug-likeness (QED) is 0.111. The molecule has 0 radical (unpaired) electrons. The van der Waals surface area contributed by atoms with E-state index in [2.05, 4.69) is 24.9 Å². The van der Waals surface area contributed by atoms with E-state index in [1.807, 2.05) is 0 Å². The smallest absolute Gasteiger partial charge is 0.397 e. The van der Waals surface area contributed by atoms with Crippen molar-refractivity contribution < 1.29 is 51.6 Å². The maximum Gasteiger partial charge on any atom is 0.695 e. The van der Waals surface area contributed by atoms with E-state index < -0.39 is 82.4 Å². The van der Waals surface area contributed by atoms with Crippen molar-refractivity contribution >= 4 is 60.7 Å². The summed E-state index contributed by atoms with van der Waals surface area (Å²) in [6, 6.07) is 1.56. The number of H-pyrrole nitrogens is 1. The van der Waals surface area contributed by atoms with Crippen LogP contribution in [0.25, 0.3) is 22.3 Å². The first-order valence-electron chi connectivity index (χ1n) is 13.4. The standard InChI is InChI=1S/C22H24FN9O11P2S/c23-10-9(3-33)40-19(32-7-28-12-17(32)29-21(25)30-18(12)34)13(10)43-45(37,46)39-5-22-4-38-14(15(22)42-44(35)36)20(41-22)31-6-27-11-8(24)1-2-26-16(11)31/h1-2,6-7,9-10,13-15,19-20,33H,3-5H2,(H6-,24,25,26,29,30,34,35,36,37,46)/p+1/t9-,10+,13-,14-,15+,19-,20-,22-,45?/m1/s1. The monoisotopic (exact) mass is 704 g/mol. The molecule has 4 aromatic heterocycles. The Morgan fingerprint density at radius 1 is 1.22 bits per heavy atom. The van der Waals surface area contributed by atoms with Crippen LogP contribution in [0.5, 0.6) is 0 Å². The second-order valence-electron chi connectivity index (χ2n) is 10.6. The summed E-state index contributed by atoms with van der Waals surface area (Å²) in [6.45, 7) is -5.98. The Bertz CT molecular complexity index is 1950. The van der Waals surface area contributed by atoms with E-state index in [-0.39, 0.29) is 23.7 Å². The molecular formula is C22H25FN9O11P2S+. The molecule has 0 spiro atoms. The first-order chi connectivity index (χ1) is 21.9. The summed E-state index contributed by atoms with van der Waals surface area (Å²) >= 11 is 5.23. The van der Waals surface area contributed by atoms with Crippen molar-refractivity contribution in [3.63, 3.8) is 0 Å². The molecule has 4 aromatic rings. The molecule has 2 unspecified atom stereocenters. The number of aromatic amines is 1. The van der Waals surface area contributed by atoms with E-state index in [0.717, 1.165) is 10.9 Å². The fourth-order valence-electron chi connectivity index (χ4n) is 5.79. The zero-order valence-corrected chi connectivity index (χ0v) is 25.7. The van der Waals surface area contributed by atoms with E-state index in [0.29, 0.717) is 16.9 Å². The first-order valence-corrected chi connectivity index (χ1v) is 17.1. The summed E-state index contributed by atoms with van der Waals surface area (Å²) in [6.07, 6.45) is -5.74. The second kappa shape index (κ2) is 11.5. The highest BCUT2D eigenvalue weighted by molar-refractivity contribution is 8.07. The van der Waals surface area contributed by atoms with Crippen LogP contribution >= 0.6 is 15.0 Å². The number of nitrogens with one attached hydrogen (secondary N) is 1. The molecule has 24 heteroatoms. The molecule has 0 amide bonds. The third-order valence-corrected chi connectivity index (χ3v) is 9.79. The van der Waals surface area contributed by atoms with Gasteiger partial charge in [-0.2, -0.15) is 4.98 Å². The molecule has 3 saturated heterocycles. The van der Waals surface area contributed by atoms with Crippen LogP contribution in [0.3, 0.4) is 0 Å². The van der Waals surface area contributed by atoms with Gasteiger partial charge in [0.05, 0.1) is 38.2 Å². The number of aliphatic hydroxyl groups excluding tert-OH is 1. The average molecular weight is 705 g/mol. The van der Waals surface area contributed by atoms with Gasteiger partial charge >= 0.3 is 15.0 Å². The van der Waals surface area contributed by atoms with Crippen LogP contribution in [-0.2, 0) is 44.2 Å². The summed E-state index contributed by atoms with van der Waals surface area (Å²) in [5.74, 6) is -0.253. The summed E-state index contributed by atoms with van der Waals surface area (Å²) < 4.78 is 64.3. The van der Waals surface area contributed by atoms with Gasteiger partial charge in [0.2, 0.25) is 5.95 Å². The number of nitrogens with zero attached hydrogens (tertiary/aromatic N) is 6. The molecule has 3 aliphatic heterocycles. The summed E-state index contributed by atoms with van der Waals surface area (Å²) in [4.78, 5) is 51.9. The molecule has 8 N–H and O–H groups in total. The van der Waals surface area contributed by atoms with E-state index in [1.54, 1.807) is 6.07 Å². The zero-order chi connectivity index (χ0) is 32.5. The SMILES string of the molecule is Nc1nc2c(ncn2[C@@H]2O[C@H](CO)[C@H](F)[C@H]2OP(O)(=S)OC[C@@]23CO[C@@H]([C@H](n4cnc5c(N)ccnc54)O2)[C@@H]3O[P+](=O)O)c(=O)[nH]1. The lowest BCUT2D eigenvalue weighted by Gasteiger charge is -2.32. The molecule has 3 aliphatic rings. The minimum absolute atomic E-state index is 0.0855. The number of hydrogen-bond acceptors (Lipinski definition) is 16. The lowest BCUT2D eigenvalue weighted by molar-refractivity contribution is -0.183. The third kappa shape index (κ3) is 5.20. The number of alkyl halides is 1. The Morgan fingerprint density at radius 2 is 1.96 bits per heavy atom. The van der Waals surface area contributed by atoms with Gasteiger partial charge in [-0.15, -0.1) is 9.42 Å². The summed E-state index contributed by atoms with van der Waals surface area (Å²) in [5, 5.41) is 9.72. The van der Waals surface area contributed by atoms with Crippen molar-refractivity contribution in [3.05, 3.63) is 35.3 Å². The van der Waals surface area contributed by atoms with Gasteiger partial charge < -0.3 is 40.2 Å². The van der Waals surface area contributed by atoms with Gasteiger partial charge in [-0.1, -0.05) is 0 Å². The normalized spacial score (nSPS) is 32.4. The molecule has 10 atom stereocenters. The highest BCUT2D eigenvalue weighted by Crippen LogP contribution is 2.55. The van der Waals surface area contributed by atoms with Gasteiger partial charge in [-0.25, -0.2) is 19.3 Å². The number of aliphatic hydroxyl groups is 1. The van der Waals surface area contributed by atoms with Crippen LogP contribution in [0.15, 0.2) is 29.7 Å². The van der Waals surface area contributed by atoms with Crippen LogP contribution in [0, 0.1) is 0 Å². The van der Waals surface area contributed by atoms with Crippen LogP contribution in [0.2, 0.25) is 0 Å². The molecular weight excluding hydrogens is 679 g/mol. The number of pyridine rings is 1. The second-order valence-corrected chi connectivity index (χ2v) is 14.1. The molecule has 3 fully saturated rings. The highest BCUT2D eigenvalue weighted by Gasteiger charge is 2.67. The Hall–Kier alpha value is -3.11. The van der Waals surface area contributed by atoms with Crippen molar-refractivity contribution in [2.45, 2.75) is 48.6 Å². The minimum Gasteiger partial charge on any atom is -0.397 e. The minimum atomic E-state index is -4.40. The topological polar surface area (TPSA) is 279 Å². The predicted octanol–water partition coefficient (Wildman–Crippen LogP) is -0.723. The van der Waals surface area contributed by atoms with Gasteiger partial charge in [0.15, 0.2) is 47.1 Å². The van der Waals surface area contributed by atoms with Crippen LogP contribution in [0.1, 0.15) is 12.5 Å². The van der Waals surface area contributed by atoms with Gasteiger partial charge in [0.25, 0.3) is 5.56 Å². The van der Waals surface area contributed by atoms with Crippen LogP contribution in [-0.4, -0.2) is 105 Å². The van der Waals surface area contributed by atoms with E-state index in [4.69, 9.17) is 51.1 Å². The highest BCUT2D eigenvalue weighted by atomic mass is 32.5. The molecule has 46 heavy (non-hydrogen) atoms. The third-order valence-electron chi connectivity index (χ3n) is 7.84. The molecule has 7 rings (SSSR count).